The molecule has 0 fully saturated rings. The van der Waals surface area contributed by atoms with E-state index in [4.69, 9.17) is 5.11 Å². The molecule has 0 saturated heterocycles. The van der Waals surface area contributed by atoms with Crippen molar-refractivity contribution in [1.29, 1.82) is 0 Å². The Morgan fingerprint density at radius 2 is 1.85 bits per heavy atom. The van der Waals surface area contributed by atoms with Crippen molar-refractivity contribution in [3.63, 3.8) is 0 Å². The maximum Gasteiger partial charge on any atom is 0.326 e. The molecule has 2 amide bonds. The Labute approximate surface area is 124 Å². The molecule has 0 saturated carbocycles. The Balaban J connectivity index is 2.46. The highest BCUT2D eigenvalue weighted by Gasteiger charge is 2.17. The van der Waals surface area contributed by atoms with Gasteiger partial charge in [-0.25, -0.2) is 4.79 Å². The molecule has 108 valence electrons. The quantitative estimate of drug-likeness (QED) is 0.722. The van der Waals surface area contributed by atoms with Crippen molar-refractivity contribution >= 4 is 33.7 Å². The molecule has 0 aliphatic carbocycles. The molecule has 0 bridgehead atoms. The minimum Gasteiger partial charge on any atom is -0.480 e. The highest BCUT2D eigenvalue weighted by atomic mass is 79.9. The van der Waals surface area contributed by atoms with Gasteiger partial charge in [0, 0.05) is 10.0 Å². The molecular formula is C13H15BrN2O4. The fourth-order valence-corrected chi connectivity index (χ4v) is 1.71. The monoisotopic (exact) mass is 342 g/mol. The van der Waals surface area contributed by atoms with Crippen LogP contribution in [0.4, 0.5) is 0 Å². The zero-order valence-electron chi connectivity index (χ0n) is 10.9. The number of carboxylic acid groups (broad SMARTS) is 1. The maximum atomic E-state index is 11.7. The third-order valence-corrected chi connectivity index (χ3v) is 3.09. The minimum absolute atomic E-state index is 0.265. The summed E-state index contributed by atoms with van der Waals surface area (Å²) in [6.45, 7) is 1.39. The van der Waals surface area contributed by atoms with Crippen LogP contribution in [0.1, 0.15) is 23.7 Å². The third-order valence-electron chi connectivity index (χ3n) is 2.56. The molecule has 0 radical (unpaired) electrons. The number of benzene rings is 1. The SMILES string of the molecule is CC[C@@H](NC(=O)CNC(=O)c1ccc(Br)cc1)C(=O)O. The summed E-state index contributed by atoms with van der Waals surface area (Å²) in [6, 6.07) is 5.72. The number of carbonyl (C=O) groups excluding carboxylic acids is 2. The van der Waals surface area contributed by atoms with E-state index in [1.165, 1.54) is 0 Å². The van der Waals surface area contributed by atoms with Crippen LogP contribution in [0.2, 0.25) is 0 Å². The molecule has 0 unspecified atom stereocenters. The maximum absolute atomic E-state index is 11.7. The van der Waals surface area contributed by atoms with Gasteiger partial charge in [-0.3, -0.25) is 9.59 Å². The van der Waals surface area contributed by atoms with E-state index in [1.54, 1.807) is 31.2 Å². The van der Waals surface area contributed by atoms with E-state index in [1.807, 2.05) is 0 Å². The van der Waals surface area contributed by atoms with Crippen LogP contribution >= 0.6 is 15.9 Å². The predicted molar refractivity (Wildman–Crippen MR) is 76.3 cm³/mol. The van der Waals surface area contributed by atoms with Crippen LogP contribution < -0.4 is 10.6 Å². The Bertz CT molecular complexity index is 502. The van der Waals surface area contributed by atoms with E-state index in [2.05, 4.69) is 26.6 Å². The number of amides is 2. The van der Waals surface area contributed by atoms with E-state index < -0.39 is 23.8 Å². The van der Waals surface area contributed by atoms with Gasteiger partial charge in [0.15, 0.2) is 0 Å². The van der Waals surface area contributed by atoms with Crippen LogP contribution in [0.25, 0.3) is 0 Å². The van der Waals surface area contributed by atoms with Crippen molar-refractivity contribution in [2.24, 2.45) is 0 Å². The van der Waals surface area contributed by atoms with Gasteiger partial charge in [0.05, 0.1) is 6.54 Å². The first-order valence-corrected chi connectivity index (χ1v) is 6.79. The average Bonchev–Trinajstić information content (AvgIpc) is 2.42. The van der Waals surface area contributed by atoms with Crippen LogP contribution in [-0.4, -0.2) is 35.5 Å². The summed E-state index contributed by atoms with van der Waals surface area (Å²) < 4.78 is 0.846. The molecule has 0 aliphatic heterocycles. The van der Waals surface area contributed by atoms with E-state index in [9.17, 15) is 14.4 Å². The third kappa shape index (κ3) is 5.00. The van der Waals surface area contributed by atoms with Crippen molar-refractivity contribution in [3.8, 4) is 0 Å². The van der Waals surface area contributed by atoms with Gasteiger partial charge in [0.25, 0.3) is 5.91 Å². The Morgan fingerprint density at radius 3 is 2.35 bits per heavy atom. The molecule has 0 aliphatic rings. The van der Waals surface area contributed by atoms with E-state index in [0.29, 0.717) is 5.56 Å². The summed E-state index contributed by atoms with van der Waals surface area (Å²) in [4.78, 5) is 34.0. The van der Waals surface area contributed by atoms with Gasteiger partial charge < -0.3 is 15.7 Å². The minimum atomic E-state index is -1.10. The molecule has 1 atom stereocenters. The number of rotatable bonds is 6. The van der Waals surface area contributed by atoms with E-state index in [-0.39, 0.29) is 13.0 Å². The summed E-state index contributed by atoms with van der Waals surface area (Å²) >= 11 is 3.25. The average molecular weight is 343 g/mol. The first kappa shape index (κ1) is 16.2. The predicted octanol–water partition coefficient (Wildman–Crippen LogP) is 1.16. The molecule has 3 N–H and O–H groups in total. The summed E-state index contributed by atoms with van der Waals surface area (Å²) in [6.07, 6.45) is 0.279. The molecular weight excluding hydrogens is 328 g/mol. The highest BCUT2D eigenvalue weighted by molar-refractivity contribution is 9.10. The van der Waals surface area contributed by atoms with Crippen LogP contribution in [0.15, 0.2) is 28.7 Å². The highest BCUT2D eigenvalue weighted by Crippen LogP contribution is 2.10. The molecule has 1 rings (SSSR count). The van der Waals surface area contributed by atoms with Crippen LogP contribution in [0.5, 0.6) is 0 Å². The van der Waals surface area contributed by atoms with Gasteiger partial charge in [-0.2, -0.15) is 0 Å². The molecule has 7 heteroatoms. The first-order valence-electron chi connectivity index (χ1n) is 6.00. The molecule has 6 nitrogen and oxygen atoms in total. The smallest absolute Gasteiger partial charge is 0.326 e. The standard InChI is InChI=1S/C13H15BrN2O4/c1-2-10(13(19)20)16-11(17)7-15-12(18)8-3-5-9(14)6-4-8/h3-6,10H,2,7H2,1H3,(H,15,18)(H,16,17)(H,19,20)/t10-/m1/s1. The van der Waals surface area contributed by atoms with E-state index in [0.717, 1.165) is 4.47 Å². The lowest BCUT2D eigenvalue weighted by atomic mass is 10.2. The van der Waals surface area contributed by atoms with Gasteiger partial charge in [-0.15, -0.1) is 0 Å². The fourth-order valence-electron chi connectivity index (χ4n) is 1.45. The van der Waals surface area contributed by atoms with Crippen LogP contribution in [0, 0.1) is 0 Å². The summed E-state index contributed by atoms with van der Waals surface area (Å²) in [5, 5.41) is 13.5. The van der Waals surface area contributed by atoms with Gasteiger partial charge >= 0.3 is 5.97 Å². The van der Waals surface area contributed by atoms with Crippen molar-refractivity contribution in [2.45, 2.75) is 19.4 Å². The first-order chi connectivity index (χ1) is 9.43. The fraction of sp³-hybridized carbons (Fsp3) is 0.308. The molecule has 1 aromatic rings. The molecule has 0 heterocycles. The number of aliphatic carboxylic acids is 1. The normalized spacial score (nSPS) is 11.5. The lowest BCUT2D eigenvalue weighted by Gasteiger charge is -2.12. The lowest BCUT2D eigenvalue weighted by molar-refractivity contribution is -0.141. The van der Waals surface area contributed by atoms with Crippen molar-refractivity contribution in [3.05, 3.63) is 34.3 Å². The molecule has 1 aromatic carbocycles. The largest absolute Gasteiger partial charge is 0.480 e. The number of halogens is 1. The summed E-state index contributed by atoms with van der Waals surface area (Å²) in [5.41, 5.74) is 0.422. The number of nitrogens with one attached hydrogen (secondary N) is 2. The summed E-state index contributed by atoms with van der Waals surface area (Å²) in [5.74, 6) is -2.03. The van der Waals surface area contributed by atoms with Gasteiger partial charge in [-0.1, -0.05) is 22.9 Å². The molecule has 0 aromatic heterocycles. The second-order valence-corrected chi connectivity index (χ2v) is 4.97. The zero-order valence-corrected chi connectivity index (χ0v) is 12.4. The topological polar surface area (TPSA) is 95.5 Å². The van der Waals surface area contributed by atoms with Gasteiger partial charge in [0.2, 0.25) is 5.91 Å². The van der Waals surface area contributed by atoms with Crippen LogP contribution in [-0.2, 0) is 9.59 Å². The zero-order chi connectivity index (χ0) is 15.1. The summed E-state index contributed by atoms with van der Waals surface area (Å²) in [7, 11) is 0. The van der Waals surface area contributed by atoms with Crippen molar-refractivity contribution in [2.75, 3.05) is 6.54 Å². The van der Waals surface area contributed by atoms with E-state index >= 15 is 0 Å². The van der Waals surface area contributed by atoms with Gasteiger partial charge in [-0.05, 0) is 30.7 Å². The molecule has 0 spiro atoms. The van der Waals surface area contributed by atoms with Crippen molar-refractivity contribution in [1.82, 2.24) is 10.6 Å². The second kappa shape index (κ2) is 7.64. The Morgan fingerprint density at radius 1 is 1.25 bits per heavy atom. The molecule has 20 heavy (non-hydrogen) atoms. The van der Waals surface area contributed by atoms with Crippen LogP contribution in [0.3, 0.4) is 0 Å². The Hall–Kier alpha value is -1.89. The number of hydrogen-bond acceptors (Lipinski definition) is 3. The lowest BCUT2D eigenvalue weighted by Crippen LogP contribution is -2.45. The number of carboxylic acids is 1. The van der Waals surface area contributed by atoms with Crippen molar-refractivity contribution < 1.29 is 19.5 Å². The van der Waals surface area contributed by atoms with Gasteiger partial charge in [0.1, 0.15) is 6.04 Å². The number of carbonyl (C=O) groups is 3. The second-order valence-electron chi connectivity index (χ2n) is 4.06. The number of hydrogen-bond donors (Lipinski definition) is 3. The Kier molecular flexibility index (Phi) is 6.17.